The summed E-state index contributed by atoms with van der Waals surface area (Å²) in [6, 6.07) is 8.69. The second-order valence-corrected chi connectivity index (χ2v) is 14.4. The third-order valence-corrected chi connectivity index (χ3v) is 11.5. The molecule has 6 aromatic rings. The zero-order valence-corrected chi connectivity index (χ0v) is 30.7. The van der Waals surface area contributed by atoms with Crippen LogP contribution in [0.25, 0.3) is 23.0 Å². The molecule has 0 spiro atoms. The van der Waals surface area contributed by atoms with E-state index in [-0.39, 0.29) is 52.2 Å². The van der Waals surface area contributed by atoms with E-state index in [1.54, 1.807) is 12.1 Å². The highest BCUT2D eigenvalue weighted by Crippen LogP contribution is 2.40. The predicted octanol–water partition coefficient (Wildman–Crippen LogP) is 3.42. The molecule has 3 N–H and O–H groups in total. The number of hydrogen-bond acceptors (Lipinski definition) is 18. The lowest BCUT2D eigenvalue weighted by atomic mass is 9.83. The standard InChI is InChI=1S/C15H12FN5O3S.C12H6FN5O5.C3H7NS.BrH/c16-8-2-1-7-3-11(10(7)4-8)21-14(20-23-15(21)22)12-13(19-24-18-12)17-9-5-25-6-9;13-6-2-1-5-3-8(7(5)4-6)17-10(15-22-12(17)19)9-11(18(20)21)16-23-14-9;4-3-1-5-2-3;/h1-2,4,9,11H,3,5-6H2,(H,17,19);1-2,4,8H,3H2;3H,1-2,4H2;1H/t11-;8-;;/m00../s1. The van der Waals surface area contributed by atoms with Gasteiger partial charge in [0.15, 0.2) is 10.9 Å². The molecule has 0 amide bonds. The molecule has 0 saturated carbocycles. The summed E-state index contributed by atoms with van der Waals surface area (Å²) < 4.78 is 48.0. The van der Waals surface area contributed by atoms with Crippen molar-refractivity contribution >= 4 is 52.1 Å². The monoisotopic (exact) mass is 849 g/mol. The number of nitro groups is 1. The Balaban J connectivity index is 0.000000146. The van der Waals surface area contributed by atoms with Gasteiger partial charge in [-0.3, -0.25) is 9.05 Å². The molecule has 0 radical (unpaired) electrons. The first-order valence-electron chi connectivity index (χ1n) is 15.9. The maximum absolute atomic E-state index is 13.5. The van der Waals surface area contributed by atoms with Crippen molar-refractivity contribution in [2.45, 2.75) is 37.0 Å². The molecule has 10 rings (SSSR count). The number of anilines is 1. The molecule has 0 bridgehead atoms. The van der Waals surface area contributed by atoms with E-state index in [1.165, 1.54) is 40.3 Å². The largest absolute Gasteiger partial charge is 0.446 e. The molecule has 54 heavy (non-hydrogen) atoms. The molecule has 4 aromatic heterocycles. The number of nitrogens with zero attached hydrogens (tertiary/aromatic N) is 9. The van der Waals surface area contributed by atoms with Crippen molar-refractivity contribution in [3.05, 3.63) is 102 Å². The van der Waals surface area contributed by atoms with Crippen LogP contribution in [0, 0.1) is 21.7 Å². The summed E-state index contributed by atoms with van der Waals surface area (Å²) in [6.45, 7) is 0. The van der Waals surface area contributed by atoms with Crippen LogP contribution in [0.3, 0.4) is 0 Å². The van der Waals surface area contributed by atoms with E-state index in [1.807, 2.05) is 23.5 Å². The van der Waals surface area contributed by atoms with E-state index in [2.05, 4.69) is 45.4 Å². The fraction of sp³-hybridized carbons (Fsp3) is 0.333. The normalized spacial score (nSPS) is 18.1. The van der Waals surface area contributed by atoms with Gasteiger partial charge in [-0.2, -0.15) is 23.5 Å². The first-order valence-corrected chi connectivity index (χ1v) is 18.2. The fourth-order valence-corrected chi connectivity index (χ4v) is 7.12. The van der Waals surface area contributed by atoms with E-state index in [9.17, 15) is 28.5 Å². The summed E-state index contributed by atoms with van der Waals surface area (Å²) in [5.74, 6) is 1.80. The van der Waals surface area contributed by atoms with E-state index in [0.29, 0.717) is 36.0 Å². The molecular weight excluding hydrogens is 824 g/mol. The number of benzene rings is 2. The summed E-state index contributed by atoms with van der Waals surface area (Å²) >= 11 is 3.74. The Bertz CT molecular complexity index is 2440. The molecule has 6 heterocycles. The predicted molar refractivity (Wildman–Crippen MR) is 192 cm³/mol. The fourth-order valence-electron chi connectivity index (χ4n) is 5.98. The van der Waals surface area contributed by atoms with E-state index < -0.39 is 34.1 Å². The van der Waals surface area contributed by atoms with Gasteiger partial charge in [-0.25, -0.2) is 32.1 Å². The Morgan fingerprint density at radius 1 is 0.778 bits per heavy atom. The van der Waals surface area contributed by atoms with Gasteiger partial charge in [-0.05, 0) is 79.8 Å². The molecule has 2 fully saturated rings. The minimum atomic E-state index is -0.836. The molecule has 282 valence electrons. The molecular formula is C30H26BrF2N11O8S2. The van der Waals surface area contributed by atoms with E-state index >= 15 is 0 Å². The van der Waals surface area contributed by atoms with Crippen LogP contribution in [0.4, 0.5) is 20.4 Å². The van der Waals surface area contributed by atoms with Gasteiger partial charge < -0.3 is 21.2 Å². The van der Waals surface area contributed by atoms with Crippen molar-refractivity contribution < 1.29 is 32.0 Å². The maximum atomic E-state index is 13.5. The van der Waals surface area contributed by atoms with Crippen molar-refractivity contribution in [1.82, 2.24) is 40.1 Å². The summed E-state index contributed by atoms with van der Waals surface area (Å²) in [6.07, 6.45) is 1.03. The van der Waals surface area contributed by atoms with Gasteiger partial charge in [-0.1, -0.05) is 22.4 Å². The number of hydrogen-bond donors (Lipinski definition) is 2. The van der Waals surface area contributed by atoms with Crippen molar-refractivity contribution in [1.29, 1.82) is 0 Å². The van der Waals surface area contributed by atoms with Crippen LogP contribution in [-0.2, 0) is 12.8 Å². The highest BCUT2D eigenvalue weighted by molar-refractivity contribution is 8.93. The minimum Gasteiger partial charge on any atom is -0.361 e. The first kappa shape index (κ1) is 37.1. The van der Waals surface area contributed by atoms with Gasteiger partial charge in [0.05, 0.1) is 12.1 Å². The van der Waals surface area contributed by atoms with E-state index in [4.69, 9.17) is 14.9 Å². The van der Waals surface area contributed by atoms with Gasteiger partial charge in [0.25, 0.3) is 5.69 Å². The zero-order chi connectivity index (χ0) is 36.8. The summed E-state index contributed by atoms with van der Waals surface area (Å²) in [5, 5.41) is 35.8. The number of thioether (sulfide) groups is 2. The SMILES string of the molecule is Br.NC1CSC1.O=c1onc(-c2nonc2NC2CSC2)n1[C@H]1Cc2ccc(F)cc21.O=c1onc(-c2nonc2[N+](=O)[O-])n1[C@H]1Cc2ccc(F)cc21. The van der Waals surface area contributed by atoms with Crippen LogP contribution in [0.1, 0.15) is 34.3 Å². The Kier molecular flexibility index (Phi) is 10.5. The third-order valence-electron chi connectivity index (χ3n) is 8.85. The lowest BCUT2D eigenvalue weighted by Crippen LogP contribution is -2.34. The van der Waals surface area contributed by atoms with Crippen LogP contribution in [0.5, 0.6) is 0 Å². The third kappa shape index (κ3) is 6.96. The number of nitrogens with two attached hydrogens (primary N) is 1. The van der Waals surface area contributed by atoms with Gasteiger partial charge >= 0.3 is 17.3 Å². The van der Waals surface area contributed by atoms with Crippen LogP contribution in [0.2, 0.25) is 0 Å². The highest BCUT2D eigenvalue weighted by Gasteiger charge is 2.38. The van der Waals surface area contributed by atoms with Gasteiger partial charge in [-0.15, -0.1) is 21.6 Å². The lowest BCUT2D eigenvalue weighted by Gasteiger charge is -2.30. The molecule has 2 aromatic carbocycles. The first-order chi connectivity index (χ1) is 25.7. The minimum absolute atomic E-state index is 0. The van der Waals surface area contributed by atoms with Gasteiger partial charge in [0.2, 0.25) is 17.5 Å². The number of nitrogens with one attached hydrogen (secondary N) is 1. The highest BCUT2D eigenvalue weighted by atomic mass is 79.9. The van der Waals surface area contributed by atoms with E-state index in [0.717, 1.165) is 32.8 Å². The maximum Gasteiger partial charge on any atom is 0.446 e. The summed E-state index contributed by atoms with van der Waals surface area (Å²) in [4.78, 5) is 34.2. The molecule has 19 nitrogen and oxygen atoms in total. The molecule has 2 atom stereocenters. The van der Waals surface area contributed by atoms with Crippen LogP contribution in [-0.4, -0.2) is 80.1 Å². The second kappa shape index (κ2) is 15.3. The number of fused-ring (bicyclic) bond motifs is 2. The second-order valence-electron chi connectivity index (χ2n) is 12.2. The Morgan fingerprint density at radius 2 is 1.28 bits per heavy atom. The molecule has 2 aliphatic heterocycles. The van der Waals surface area contributed by atoms with Crippen molar-refractivity contribution in [2.75, 3.05) is 28.3 Å². The number of halogens is 3. The quantitative estimate of drug-likeness (QED) is 0.172. The molecule has 4 aliphatic rings. The van der Waals surface area contributed by atoms with Crippen molar-refractivity contribution in [2.24, 2.45) is 5.73 Å². The van der Waals surface area contributed by atoms with Crippen LogP contribution >= 0.6 is 40.5 Å². The molecule has 2 saturated heterocycles. The van der Waals surface area contributed by atoms with Gasteiger partial charge in [0.1, 0.15) is 11.6 Å². The Morgan fingerprint density at radius 3 is 1.76 bits per heavy atom. The lowest BCUT2D eigenvalue weighted by molar-refractivity contribution is -0.390. The van der Waals surface area contributed by atoms with Crippen LogP contribution < -0.4 is 22.6 Å². The molecule has 2 aliphatic carbocycles. The summed E-state index contributed by atoms with van der Waals surface area (Å²) in [7, 11) is 0. The number of aromatic nitrogens is 8. The molecule has 0 unspecified atom stereocenters. The smallest absolute Gasteiger partial charge is 0.361 e. The topological polar surface area (TPSA) is 255 Å². The molecule has 24 heteroatoms. The van der Waals surface area contributed by atoms with Crippen molar-refractivity contribution in [3.63, 3.8) is 0 Å². The average molecular weight is 851 g/mol. The van der Waals surface area contributed by atoms with Crippen molar-refractivity contribution in [3.8, 4) is 23.0 Å². The van der Waals surface area contributed by atoms with Gasteiger partial charge in [0, 0.05) is 35.1 Å². The average Bonchev–Trinajstić information content (AvgIpc) is 3.90. The Labute approximate surface area is 318 Å². The van der Waals surface area contributed by atoms with Crippen LogP contribution in [0.15, 0.2) is 64.3 Å². The summed E-state index contributed by atoms with van der Waals surface area (Å²) in [5.41, 5.74) is 8.52. The Hall–Kier alpha value is -5.20. The zero-order valence-electron chi connectivity index (χ0n) is 27.4. The number of rotatable bonds is 7.